The fourth-order valence-electron chi connectivity index (χ4n) is 2.05. The first-order chi connectivity index (χ1) is 10.8. The molecule has 0 fully saturated rings. The molecule has 0 bridgehead atoms. The van der Waals surface area contributed by atoms with Gasteiger partial charge in [-0.25, -0.2) is 4.79 Å². The molecule has 0 saturated heterocycles. The average molecular weight is 319 g/mol. The van der Waals surface area contributed by atoms with Crippen molar-refractivity contribution in [3.63, 3.8) is 0 Å². The second-order valence-electron chi connectivity index (χ2n) is 6.08. The van der Waals surface area contributed by atoms with Gasteiger partial charge in [0.2, 0.25) is 0 Å². The van der Waals surface area contributed by atoms with Crippen molar-refractivity contribution in [2.24, 2.45) is 0 Å². The van der Waals surface area contributed by atoms with Crippen LogP contribution >= 0.6 is 0 Å². The molecule has 5 heteroatoms. The van der Waals surface area contributed by atoms with Crippen LogP contribution in [0.5, 0.6) is 5.75 Å². The summed E-state index contributed by atoms with van der Waals surface area (Å²) in [6.07, 6.45) is 2.67. The lowest BCUT2D eigenvalue weighted by Gasteiger charge is -2.24. The highest BCUT2D eigenvalue weighted by Crippen LogP contribution is 2.24. The molecule has 126 valence electrons. The second-order valence-corrected chi connectivity index (χ2v) is 6.08. The zero-order valence-corrected chi connectivity index (χ0v) is 14.4. The third-order valence-corrected chi connectivity index (χ3v) is 3.02. The summed E-state index contributed by atoms with van der Waals surface area (Å²) < 4.78 is 10.4. The predicted octanol–water partition coefficient (Wildman–Crippen LogP) is 3.80. The van der Waals surface area contributed by atoms with Crippen LogP contribution < -0.4 is 10.1 Å². The van der Waals surface area contributed by atoms with E-state index in [1.54, 1.807) is 46.1 Å². The molecule has 0 unspecified atom stereocenters. The lowest BCUT2D eigenvalue weighted by atomic mass is 9.98. The summed E-state index contributed by atoms with van der Waals surface area (Å²) in [4.78, 5) is 23.5. The van der Waals surface area contributed by atoms with Crippen molar-refractivity contribution >= 4 is 12.4 Å². The molecule has 0 aromatic heterocycles. The molecule has 0 aliphatic carbocycles. The topological polar surface area (TPSA) is 64.6 Å². The number of rotatable bonds is 6. The number of allylic oxidation sites excluding steroid dienone is 1. The minimum absolute atomic E-state index is 0.489. The van der Waals surface area contributed by atoms with Crippen LogP contribution in [0.4, 0.5) is 4.79 Å². The van der Waals surface area contributed by atoms with E-state index >= 15 is 0 Å². The maximum Gasteiger partial charge on any atom is 0.408 e. The summed E-state index contributed by atoms with van der Waals surface area (Å²) in [5.74, 6) is 0.705. The standard InChI is InChI=1S/C18H25NO4/c1-6-7-14(12-20)16(19-17(21)23-18(2,3)4)13-8-10-15(22-5)11-9-13/h7-12,16H,6H2,1-5H3,(H,19,21)/b14-7-/t16-/m1/s1. The highest BCUT2D eigenvalue weighted by atomic mass is 16.6. The van der Waals surface area contributed by atoms with Crippen LogP contribution in [-0.2, 0) is 9.53 Å². The zero-order valence-electron chi connectivity index (χ0n) is 14.4. The van der Waals surface area contributed by atoms with Crippen LogP contribution in [0, 0.1) is 0 Å². The highest BCUT2D eigenvalue weighted by molar-refractivity contribution is 5.78. The Hall–Kier alpha value is -2.30. The molecule has 1 aromatic carbocycles. The van der Waals surface area contributed by atoms with Crippen molar-refractivity contribution in [1.29, 1.82) is 0 Å². The van der Waals surface area contributed by atoms with Gasteiger partial charge in [0.1, 0.15) is 17.6 Å². The summed E-state index contributed by atoms with van der Waals surface area (Å²) >= 11 is 0. The molecule has 5 nitrogen and oxygen atoms in total. The van der Waals surface area contributed by atoms with Crippen LogP contribution in [0.25, 0.3) is 0 Å². The number of hydrogen-bond acceptors (Lipinski definition) is 4. The number of hydrogen-bond donors (Lipinski definition) is 1. The Morgan fingerprint density at radius 1 is 1.26 bits per heavy atom. The third kappa shape index (κ3) is 6.14. The molecule has 0 aliphatic rings. The van der Waals surface area contributed by atoms with Gasteiger partial charge in [-0.2, -0.15) is 0 Å². The fraction of sp³-hybridized carbons (Fsp3) is 0.444. The van der Waals surface area contributed by atoms with Crippen molar-refractivity contribution in [3.8, 4) is 5.75 Å². The van der Waals surface area contributed by atoms with E-state index in [1.807, 2.05) is 19.1 Å². The van der Waals surface area contributed by atoms with Crippen molar-refractivity contribution in [2.75, 3.05) is 7.11 Å². The molecular formula is C18H25NO4. The van der Waals surface area contributed by atoms with E-state index in [-0.39, 0.29) is 0 Å². The van der Waals surface area contributed by atoms with Gasteiger partial charge in [0.15, 0.2) is 0 Å². The van der Waals surface area contributed by atoms with Gasteiger partial charge in [0.05, 0.1) is 13.2 Å². The Labute approximate surface area is 137 Å². The number of carbonyl (C=O) groups is 2. The van der Waals surface area contributed by atoms with E-state index in [1.165, 1.54) is 0 Å². The summed E-state index contributed by atoms with van der Waals surface area (Å²) in [5.41, 5.74) is 0.664. The molecule has 1 N–H and O–H groups in total. The molecule has 0 saturated carbocycles. The maximum absolute atomic E-state index is 12.1. The SMILES string of the molecule is CC/C=C(/C=O)[C@H](NC(=O)OC(C)(C)C)c1ccc(OC)cc1. The van der Waals surface area contributed by atoms with E-state index in [9.17, 15) is 9.59 Å². The molecule has 1 rings (SSSR count). The minimum Gasteiger partial charge on any atom is -0.497 e. The Kier molecular flexibility index (Phi) is 6.82. The van der Waals surface area contributed by atoms with E-state index in [0.29, 0.717) is 17.7 Å². The van der Waals surface area contributed by atoms with Gasteiger partial charge in [0.25, 0.3) is 0 Å². The first-order valence-corrected chi connectivity index (χ1v) is 7.59. The number of amides is 1. The average Bonchev–Trinajstić information content (AvgIpc) is 2.49. The third-order valence-electron chi connectivity index (χ3n) is 3.02. The van der Waals surface area contributed by atoms with Crippen molar-refractivity contribution in [3.05, 3.63) is 41.5 Å². The number of carbonyl (C=O) groups excluding carboxylic acids is 2. The van der Waals surface area contributed by atoms with Gasteiger partial charge >= 0.3 is 6.09 Å². The molecule has 1 amide bonds. The Bertz CT molecular complexity index is 555. The van der Waals surface area contributed by atoms with E-state index in [4.69, 9.17) is 9.47 Å². The first kappa shape index (κ1) is 18.7. The van der Waals surface area contributed by atoms with E-state index < -0.39 is 17.7 Å². The largest absolute Gasteiger partial charge is 0.497 e. The summed E-state index contributed by atoms with van der Waals surface area (Å²) in [6.45, 7) is 7.30. The van der Waals surface area contributed by atoms with Crippen molar-refractivity contribution in [1.82, 2.24) is 5.32 Å². The monoisotopic (exact) mass is 319 g/mol. The molecule has 1 atom stereocenters. The smallest absolute Gasteiger partial charge is 0.408 e. The van der Waals surface area contributed by atoms with Gasteiger partial charge in [-0.15, -0.1) is 0 Å². The first-order valence-electron chi connectivity index (χ1n) is 7.59. The molecule has 0 heterocycles. The van der Waals surface area contributed by atoms with Crippen molar-refractivity contribution < 1.29 is 19.1 Å². The van der Waals surface area contributed by atoms with Gasteiger partial charge in [-0.05, 0) is 44.9 Å². The number of alkyl carbamates (subject to hydrolysis) is 1. The molecule has 23 heavy (non-hydrogen) atoms. The van der Waals surface area contributed by atoms with Crippen LogP contribution in [0.15, 0.2) is 35.9 Å². The molecular weight excluding hydrogens is 294 g/mol. The number of aldehydes is 1. The van der Waals surface area contributed by atoms with Crippen LogP contribution in [-0.4, -0.2) is 25.1 Å². The van der Waals surface area contributed by atoms with Crippen LogP contribution in [0.2, 0.25) is 0 Å². The van der Waals surface area contributed by atoms with Gasteiger partial charge in [0, 0.05) is 5.57 Å². The molecule has 0 spiro atoms. The Morgan fingerprint density at radius 2 is 1.87 bits per heavy atom. The lowest BCUT2D eigenvalue weighted by Crippen LogP contribution is -2.36. The normalized spacial score (nSPS) is 13.2. The Morgan fingerprint density at radius 3 is 2.30 bits per heavy atom. The summed E-state index contributed by atoms with van der Waals surface area (Å²) in [5, 5.41) is 2.76. The Balaban J connectivity index is 3.08. The van der Waals surface area contributed by atoms with Gasteiger partial charge in [-0.3, -0.25) is 4.79 Å². The highest BCUT2D eigenvalue weighted by Gasteiger charge is 2.23. The predicted molar refractivity (Wildman–Crippen MR) is 89.5 cm³/mol. The van der Waals surface area contributed by atoms with Gasteiger partial charge in [-0.1, -0.05) is 25.1 Å². The fourth-order valence-corrected chi connectivity index (χ4v) is 2.05. The second kappa shape index (κ2) is 8.36. The zero-order chi connectivity index (χ0) is 17.5. The maximum atomic E-state index is 12.1. The quantitative estimate of drug-likeness (QED) is 0.640. The lowest BCUT2D eigenvalue weighted by molar-refractivity contribution is -0.105. The number of ether oxygens (including phenoxy) is 2. The summed E-state index contributed by atoms with van der Waals surface area (Å²) in [7, 11) is 1.58. The van der Waals surface area contributed by atoms with E-state index in [0.717, 1.165) is 11.8 Å². The summed E-state index contributed by atoms with van der Waals surface area (Å²) in [6, 6.07) is 6.64. The molecule has 1 aromatic rings. The number of nitrogens with one attached hydrogen (secondary N) is 1. The number of benzene rings is 1. The van der Waals surface area contributed by atoms with Crippen LogP contribution in [0.1, 0.15) is 45.7 Å². The molecule has 0 radical (unpaired) electrons. The molecule has 0 aliphatic heterocycles. The minimum atomic E-state index is -0.607. The number of methoxy groups -OCH3 is 1. The van der Waals surface area contributed by atoms with E-state index in [2.05, 4.69) is 5.32 Å². The van der Waals surface area contributed by atoms with Crippen LogP contribution in [0.3, 0.4) is 0 Å². The van der Waals surface area contributed by atoms with Gasteiger partial charge < -0.3 is 14.8 Å². The van der Waals surface area contributed by atoms with Crippen molar-refractivity contribution in [2.45, 2.75) is 45.8 Å².